The number of urea groups is 1. The van der Waals surface area contributed by atoms with E-state index < -0.39 is 22.9 Å². The number of non-ortho nitro benzene ring substituents is 1. The van der Waals surface area contributed by atoms with Crippen molar-refractivity contribution >= 4 is 40.4 Å². The van der Waals surface area contributed by atoms with Crippen LogP contribution in [0.3, 0.4) is 0 Å². The Labute approximate surface area is 223 Å². The number of carbonyl (C=O) groups excluding carboxylic acids is 2. The number of hydrazone groups is 1. The maximum absolute atomic E-state index is 13.6. The van der Waals surface area contributed by atoms with Crippen molar-refractivity contribution in [1.29, 1.82) is 0 Å². The predicted molar refractivity (Wildman–Crippen MR) is 144 cm³/mol. The van der Waals surface area contributed by atoms with Gasteiger partial charge in [0, 0.05) is 32.2 Å². The number of para-hydroxylation sites is 2. The fourth-order valence-electron chi connectivity index (χ4n) is 4.07. The number of anilines is 1. The molecule has 4 rings (SSSR count). The van der Waals surface area contributed by atoms with E-state index in [4.69, 9.17) is 9.47 Å². The number of hydrogen-bond acceptors (Lipinski definition) is 8. The number of thiophene rings is 1. The summed E-state index contributed by atoms with van der Waals surface area (Å²) in [6, 6.07) is 15.9. The summed E-state index contributed by atoms with van der Waals surface area (Å²) >= 11 is 1.49. The van der Waals surface area contributed by atoms with E-state index in [1.165, 1.54) is 47.6 Å². The number of nitrogens with one attached hydrogen (secondary N) is 1. The molecule has 1 aliphatic heterocycles. The summed E-state index contributed by atoms with van der Waals surface area (Å²) in [4.78, 5) is 39.9. The van der Waals surface area contributed by atoms with Crippen LogP contribution in [0.4, 0.5) is 16.2 Å². The van der Waals surface area contributed by atoms with Crippen LogP contribution in [-0.2, 0) is 9.53 Å². The van der Waals surface area contributed by atoms with Crippen LogP contribution >= 0.6 is 11.3 Å². The summed E-state index contributed by atoms with van der Waals surface area (Å²) in [5.74, 6) is 0.0497. The predicted octanol–water partition coefficient (Wildman–Crippen LogP) is 4.52. The van der Waals surface area contributed by atoms with Crippen LogP contribution in [0.1, 0.15) is 22.9 Å². The molecule has 2 heterocycles. The molecule has 12 heteroatoms. The van der Waals surface area contributed by atoms with E-state index in [1.807, 2.05) is 17.5 Å². The van der Waals surface area contributed by atoms with Gasteiger partial charge >= 0.3 is 6.03 Å². The van der Waals surface area contributed by atoms with Gasteiger partial charge in [-0.2, -0.15) is 5.10 Å². The van der Waals surface area contributed by atoms with Gasteiger partial charge in [0.25, 0.3) is 11.6 Å². The zero-order valence-corrected chi connectivity index (χ0v) is 21.7. The highest BCUT2D eigenvalue weighted by atomic mass is 32.1. The minimum absolute atomic E-state index is 0.0719. The first kappa shape index (κ1) is 26.8. The number of methoxy groups -OCH3 is 2. The molecule has 0 saturated carbocycles. The van der Waals surface area contributed by atoms with Crippen LogP contribution in [0.2, 0.25) is 0 Å². The van der Waals surface area contributed by atoms with Crippen molar-refractivity contribution in [2.75, 3.05) is 39.2 Å². The first-order valence-electron chi connectivity index (χ1n) is 11.8. The van der Waals surface area contributed by atoms with Crippen molar-refractivity contribution in [3.05, 3.63) is 86.6 Å². The molecule has 0 radical (unpaired) electrons. The number of amides is 3. The van der Waals surface area contributed by atoms with Gasteiger partial charge in [0.05, 0.1) is 41.0 Å². The van der Waals surface area contributed by atoms with Gasteiger partial charge < -0.3 is 19.7 Å². The fraction of sp³-hybridized carbons (Fsp3) is 0.269. The maximum Gasteiger partial charge on any atom is 0.322 e. The highest BCUT2D eigenvalue weighted by molar-refractivity contribution is 7.12. The lowest BCUT2D eigenvalue weighted by molar-refractivity contribution is -0.385. The zero-order valence-electron chi connectivity index (χ0n) is 20.9. The summed E-state index contributed by atoms with van der Waals surface area (Å²) in [7, 11) is 3.01. The minimum Gasteiger partial charge on any atom is -0.495 e. The SMILES string of the molecule is COCCN(CC(=O)N1N=C(c2cccs2)C[C@@H]1c1cccc([N+](=O)[O-])c1)C(=O)Nc1ccccc1OC. The molecule has 0 fully saturated rings. The second-order valence-electron chi connectivity index (χ2n) is 8.38. The van der Waals surface area contributed by atoms with Crippen LogP contribution in [0, 0.1) is 10.1 Å². The molecule has 11 nitrogen and oxygen atoms in total. The average molecular weight is 538 g/mol. The number of hydrogen-bond donors (Lipinski definition) is 1. The highest BCUT2D eigenvalue weighted by Crippen LogP contribution is 2.35. The van der Waals surface area contributed by atoms with Crippen LogP contribution in [0.5, 0.6) is 5.75 Å². The van der Waals surface area contributed by atoms with Crippen LogP contribution in [0.25, 0.3) is 0 Å². The van der Waals surface area contributed by atoms with Crippen LogP contribution in [-0.4, -0.2) is 66.4 Å². The molecule has 1 aromatic heterocycles. The Morgan fingerprint density at radius 1 is 1.18 bits per heavy atom. The van der Waals surface area contributed by atoms with E-state index >= 15 is 0 Å². The molecule has 0 saturated heterocycles. The number of nitro benzene ring substituents is 1. The summed E-state index contributed by atoms with van der Waals surface area (Å²) < 4.78 is 10.5. The van der Waals surface area contributed by atoms with E-state index in [0.717, 1.165) is 4.88 Å². The first-order chi connectivity index (χ1) is 18.4. The molecular formula is C26H27N5O6S. The first-order valence-corrected chi connectivity index (χ1v) is 12.6. The highest BCUT2D eigenvalue weighted by Gasteiger charge is 2.35. The van der Waals surface area contributed by atoms with Gasteiger partial charge in [-0.05, 0) is 29.1 Å². The molecule has 3 aromatic rings. The van der Waals surface area contributed by atoms with E-state index in [1.54, 1.807) is 36.4 Å². The molecule has 2 aromatic carbocycles. The Balaban J connectivity index is 1.59. The van der Waals surface area contributed by atoms with Gasteiger partial charge in [-0.1, -0.05) is 30.3 Å². The third-order valence-electron chi connectivity index (χ3n) is 5.96. The van der Waals surface area contributed by atoms with Gasteiger partial charge in [0.1, 0.15) is 12.3 Å². The Bertz CT molecular complexity index is 1330. The number of ether oxygens (including phenoxy) is 2. The molecule has 1 aliphatic rings. The lowest BCUT2D eigenvalue weighted by atomic mass is 10.0. The second kappa shape index (κ2) is 12.3. The third-order valence-corrected chi connectivity index (χ3v) is 6.88. The summed E-state index contributed by atoms with van der Waals surface area (Å²) in [5.41, 5.74) is 1.68. The van der Waals surface area contributed by atoms with E-state index in [-0.39, 0.29) is 25.4 Å². The smallest absolute Gasteiger partial charge is 0.322 e. The Morgan fingerprint density at radius 3 is 2.71 bits per heavy atom. The van der Waals surface area contributed by atoms with Gasteiger partial charge in [-0.15, -0.1) is 11.3 Å². The quantitative estimate of drug-likeness (QED) is 0.299. The molecular weight excluding hydrogens is 510 g/mol. The van der Waals surface area contributed by atoms with Crippen molar-refractivity contribution in [2.45, 2.75) is 12.5 Å². The Hall–Kier alpha value is -4.29. The van der Waals surface area contributed by atoms with Crippen molar-refractivity contribution < 1.29 is 24.0 Å². The van der Waals surface area contributed by atoms with Gasteiger partial charge in [-0.3, -0.25) is 14.9 Å². The number of rotatable bonds is 10. The Morgan fingerprint density at radius 2 is 2.00 bits per heavy atom. The second-order valence-corrected chi connectivity index (χ2v) is 9.33. The van der Waals surface area contributed by atoms with Crippen LogP contribution in [0.15, 0.2) is 71.1 Å². The molecule has 38 heavy (non-hydrogen) atoms. The van der Waals surface area contributed by atoms with Crippen LogP contribution < -0.4 is 10.1 Å². The third kappa shape index (κ3) is 6.15. The van der Waals surface area contributed by atoms with Gasteiger partial charge in [-0.25, -0.2) is 9.80 Å². The van der Waals surface area contributed by atoms with Crippen molar-refractivity contribution in [3.63, 3.8) is 0 Å². The summed E-state index contributed by atoms with van der Waals surface area (Å²) in [6.45, 7) is 0.0850. The van der Waals surface area contributed by atoms with E-state index in [0.29, 0.717) is 29.1 Å². The summed E-state index contributed by atoms with van der Waals surface area (Å²) in [6.07, 6.45) is 0.388. The maximum atomic E-state index is 13.6. The molecule has 3 amide bonds. The standard InChI is InChI=1S/C26H27N5O6S/c1-36-13-12-29(26(33)27-20-9-3-4-10-23(20)37-2)17-25(32)30-22(16-21(28-30)24-11-6-14-38-24)18-7-5-8-19(15-18)31(34)35/h3-11,14-15,22H,12-13,16-17H2,1-2H3,(H,27,33)/t22-/m1/s1. The van der Waals surface area contributed by atoms with Crippen molar-refractivity contribution in [3.8, 4) is 5.75 Å². The molecule has 0 spiro atoms. The number of carbonyl (C=O) groups is 2. The molecule has 0 aliphatic carbocycles. The zero-order chi connectivity index (χ0) is 27.1. The summed E-state index contributed by atoms with van der Waals surface area (Å²) in [5, 5.41) is 22.0. The number of nitrogens with zero attached hydrogens (tertiary/aromatic N) is 4. The monoisotopic (exact) mass is 537 g/mol. The Kier molecular flexibility index (Phi) is 8.66. The molecule has 1 N–H and O–H groups in total. The fourth-order valence-corrected chi connectivity index (χ4v) is 4.79. The normalized spacial score (nSPS) is 14.6. The lowest BCUT2D eigenvalue weighted by Gasteiger charge is -2.27. The topological polar surface area (TPSA) is 127 Å². The van der Waals surface area contributed by atoms with E-state index in [9.17, 15) is 19.7 Å². The molecule has 198 valence electrons. The van der Waals surface area contributed by atoms with Crippen molar-refractivity contribution in [1.82, 2.24) is 9.91 Å². The molecule has 0 bridgehead atoms. The molecule has 1 atom stereocenters. The lowest BCUT2D eigenvalue weighted by Crippen LogP contribution is -2.44. The number of benzene rings is 2. The largest absolute Gasteiger partial charge is 0.495 e. The number of nitro groups is 1. The van der Waals surface area contributed by atoms with Crippen molar-refractivity contribution in [2.24, 2.45) is 5.10 Å². The van der Waals surface area contributed by atoms with Gasteiger partial charge in [0.2, 0.25) is 0 Å². The minimum atomic E-state index is -0.555. The van der Waals surface area contributed by atoms with E-state index in [2.05, 4.69) is 10.4 Å². The average Bonchev–Trinajstić information content (AvgIpc) is 3.62. The van der Waals surface area contributed by atoms with Gasteiger partial charge in [0.15, 0.2) is 0 Å². The molecule has 0 unspecified atom stereocenters.